The molecule has 0 saturated heterocycles. The molecule has 0 heterocycles. The van der Waals surface area contributed by atoms with Crippen LogP contribution in [-0.2, 0) is 0 Å². The Bertz CT molecular complexity index is 1350. The average molecular weight is 477 g/mol. The van der Waals surface area contributed by atoms with Gasteiger partial charge in [0.15, 0.2) is 0 Å². The second-order valence-corrected chi connectivity index (χ2v) is 13.2. The van der Waals surface area contributed by atoms with Crippen molar-refractivity contribution in [3.8, 4) is 11.1 Å². The smallest absolute Gasteiger partial charge is 0.00345 e. The van der Waals surface area contributed by atoms with Gasteiger partial charge in [0.25, 0.3) is 0 Å². The average Bonchev–Trinajstić information content (AvgIpc) is 3.19. The predicted molar refractivity (Wildman–Crippen MR) is 157 cm³/mol. The van der Waals surface area contributed by atoms with Crippen molar-refractivity contribution < 1.29 is 0 Å². The van der Waals surface area contributed by atoms with Gasteiger partial charge in [-0.25, -0.2) is 0 Å². The molecule has 3 aliphatic rings. The zero-order valence-corrected chi connectivity index (χ0v) is 23.5. The lowest BCUT2D eigenvalue weighted by molar-refractivity contribution is 0.130. The highest BCUT2D eigenvalue weighted by Crippen LogP contribution is 2.60. The van der Waals surface area contributed by atoms with Crippen LogP contribution in [0.4, 0.5) is 0 Å². The van der Waals surface area contributed by atoms with Crippen molar-refractivity contribution in [2.45, 2.75) is 91.9 Å². The lowest BCUT2D eigenvalue weighted by Gasteiger charge is -2.51. The summed E-state index contributed by atoms with van der Waals surface area (Å²) in [4.78, 5) is 0. The van der Waals surface area contributed by atoms with Gasteiger partial charge in [-0.05, 0) is 98.1 Å². The van der Waals surface area contributed by atoms with Crippen molar-refractivity contribution in [1.82, 2.24) is 0 Å². The molecule has 0 spiro atoms. The van der Waals surface area contributed by atoms with E-state index in [1.54, 1.807) is 22.1 Å². The summed E-state index contributed by atoms with van der Waals surface area (Å²) in [5, 5.41) is 3.05. The summed E-state index contributed by atoms with van der Waals surface area (Å²) in [6.07, 6.45) is 7.87. The lowest BCUT2D eigenvalue weighted by Crippen LogP contribution is -2.38. The van der Waals surface area contributed by atoms with Gasteiger partial charge in [0.2, 0.25) is 0 Å². The summed E-state index contributed by atoms with van der Waals surface area (Å²) in [5.74, 6) is 4.31. The maximum atomic E-state index is 2.64. The highest BCUT2D eigenvalue weighted by molar-refractivity contribution is 5.96. The SMILES string of the molecule is CCC(C)C(CC)C1c2cc(-c3cccc4c3C=C(C(C)(C)C)C4C)cc3cccc(c23)C2CCC21. The van der Waals surface area contributed by atoms with Crippen LogP contribution in [0.5, 0.6) is 0 Å². The maximum absolute atomic E-state index is 2.64. The molecule has 6 rings (SSSR count). The van der Waals surface area contributed by atoms with Gasteiger partial charge in [-0.2, -0.15) is 0 Å². The third-order valence-electron chi connectivity index (χ3n) is 10.4. The summed E-state index contributed by atoms with van der Waals surface area (Å²) in [7, 11) is 0. The van der Waals surface area contributed by atoms with Crippen LogP contribution in [0.1, 0.15) is 114 Å². The number of benzene rings is 3. The first-order chi connectivity index (χ1) is 17.2. The van der Waals surface area contributed by atoms with Crippen molar-refractivity contribution in [3.05, 3.63) is 76.4 Å². The molecule has 6 atom stereocenters. The van der Waals surface area contributed by atoms with E-state index in [1.807, 2.05) is 0 Å². The molecule has 1 saturated carbocycles. The summed E-state index contributed by atoms with van der Waals surface area (Å²) in [6.45, 7) is 16.8. The molecule has 6 unspecified atom stereocenters. The van der Waals surface area contributed by atoms with Crippen LogP contribution in [0.15, 0.2) is 54.1 Å². The highest BCUT2D eigenvalue weighted by Gasteiger charge is 2.46. The Kier molecular flexibility index (Phi) is 5.75. The van der Waals surface area contributed by atoms with Crippen LogP contribution in [0.25, 0.3) is 28.0 Å². The van der Waals surface area contributed by atoms with Crippen LogP contribution in [0, 0.1) is 23.2 Å². The minimum atomic E-state index is 0.189. The van der Waals surface area contributed by atoms with Crippen molar-refractivity contribution in [1.29, 1.82) is 0 Å². The van der Waals surface area contributed by atoms with Crippen molar-refractivity contribution >= 4 is 16.8 Å². The van der Waals surface area contributed by atoms with Gasteiger partial charge in [0, 0.05) is 5.92 Å². The third-order valence-corrected chi connectivity index (χ3v) is 10.4. The minimum absolute atomic E-state index is 0.189. The normalized spacial score (nSPS) is 26.1. The largest absolute Gasteiger partial charge is 0.0651 e. The van der Waals surface area contributed by atoms with E-state index in [9.17, 15) is 0 Å². The molecular formula is C36H44. The van der Waals surface area contributed by atoms with Gasteiger partial charge < -0.3 is 0 Å². The summed E-state index contributed by atoms with van der Waals surface area (Å²) in [6, 6.07) is 19.3. The fourth-order valence-electron chi connectivity index (χ4n) is 8.34. The van der Waals surface area contributed by atoms with Crippen molar-refractivity contribution in [3.63, 3.8) is 0 Å². The number of rotatable bonds is 5. The van der Waals surface area contributed by atoms with Crippen molar-refractivity contribution in [2.75, 3.05) is 0 Å². The molecule has 36 heavy (non-hydrogen) atoms. The first kappa shape index (κ1) is 24.0. The Morgan fingerprint density at radius 2 is 1.64 bits per heavy atom. The third kappa shape index (κ3) is 3.47. The lowest BCUT2D eigenvalue weighted by atomic mass is 9.53. The minimum Gasteiger partial charge on any atom is -0.0651 e. The van der Waals surface area contributed by atoms with Gasteiger partial charge in [-0.1, -0.05) is 115 Å². The zero-order valence-electron chi connectivity index (χ0n) is 23.5. The van der Waals surface area contributed by atoms with Gasteiger partial charge in [-0.15, -0.1) is 0 Å². The van der Waals surface area contributed by atoms with E-state index in [2.05, 4.69) is 103 Å². The Labute approximate surface area is 219 Å². The molecule has 3 aliphatic carbocycles. The molecule has 0 amide bonds. The molecule has 188 valence electrons. The standard InChI is InChI=1S/C36H44/c1-8-21(3)25(9-2)35-30-17-16-28(30)29-15-10-12-23-18-24(19-32(35)34(23)29)27-14-11-13-26-22(4)33(20-31(26)27)36(5,6)7/h10-15,18-22,25,28,30,35H,8-9,16-17H2,1-7H3. The molecule has 0 nitrogen and oxygen atoms in total. The topological polar surface area (TPSA) is 0 Å². The van der Waals surface area contributed by atoms with Gasteiger partial charge in [0.05, 0.1) is 0 Å². The molecule has 3 aromatic carbocycles. The van der Waals surface area contributed by atoms with E-state index in [0.717, 1.165) is 23.7 Å². The number of hydrogen-bond donors (Lipinski definition) is 0. The van der Waals surface area contributed by atoms with Gasteiger partial charge in [0.1, 0.15) is 0 Å². The second-order valence-electron chi connectivity index (χ2n) is 13.2. The maximum Gasteiger partial charge on any atom is 0.00345 e. The first-order valence-electron chi connectivity index (χ1n) is 14.7. The summed E-state index contributed by atoms with van der Waals surface area (Å²) in [5.41, 5.74) is 10.9. The molecule has 3 aromatic rings. The molecule has 0 aromatic heterocycles. The second kappa shape index (κ2) is 8.61. The Hall–Kier alpha value is -2.34. The van der Waals surface area contributed by atoms with Crippen LogP contribution in [-0.4, -0.2) is 0 Å². The van der Waals surface area contributed by atoms with E-state index < -0.39 is 0 Å². The number of allylic oxidation sites excluding steroid dienone is 1. The van der Waals surface area contributed by atoms with Gasteiger partial charge in [-0.3, -0.25) is 0 Å². The summed E-state index contributed by atoms with van der Waals surface area (Å²) < 4.78 is 0. The van der Waals surface area contributed by atoms with Crippen LogP contribution in [0.2, 0.25) is 0 Å². The molecule has 1 fully saturated rings. The summed E-state index contributed by atoms with van der Waals surface area (Å²) >= 11 is 0. The Balaban J connectivity index is 1.58. The highest BCUT2D eigenvalue weighted by atomic mass is 14.5. The van der Waals surface area contributed by atoms with Crippen LogP contribution < -0.4 is 0 Å². The van der Waals surface area contributed by atoms with E-state index in [4.69, 9.17) is 0 Å². The van der Waals surface area contributed by atoms with E-state index >= 15 is 0 Å². The Morgan fingerprint density at radius 3 is 2.31 bits per heavy atom. The number of hydrogen-bond acceptors (Lipinski definition) is 0. The van der Waals surface area contributed by atoms with Gasteiger partial charge >= 0.3 is 0 Å². The molecule has 0 radical (unpaired) electrons. The zero-order chi connectivity index (χ0) is 25.4. The quantitative estimate of drug-likeness (QED) is 0.343. The van der Waals surface area contributed by atoms with Crippen LogP contribution >= 0.6 is 0 Å². The fourth-order valence-corrected chi connectivity index (χ4v) is 8.34. The molecule has 0 heteroatoms. The monoisotopic (exact) mass is 476 g/mol. The van der Waals surface area contributed by atoms with Crippen molar-refractivity contribution in [2.24, 2.45) is 23.2 Å². The van der Waals surface area contributed by atoms with E-state index in [1.165, 1.54) is 53.3 Å². The molecule has 0 bridgehead atoms. The molecular weight excluding hydrogens is 432 g/mol. The number of fused-ring (bicyclic) bond motifs is 3. The first-order valence-corrected chi connectivity index (χ1v) is 14.7. The Morgan fingerprint density at radius 1 is 0.889 bits per heavy atom. The van der Waals surface area contributed by atoms with E-state index in [0.29, 0.717) is 11.8 Å². The fraction of sp³-hybridized carbons (Fsp3) is 0.500. The molecule has 0 N–H and O–H groups in total. The van der Waals surface area contributed by atoms with E-state index in [-0.39, 0.29) is 5.41 Å². The predicted octanol–water partition coefficient (Wildman–Crippen LogP) is 10.7. The van der Waals surface area contributed by atoms with Crippen LogP contribution in [0.3, 0.4) is 0 Å². The molecule has 0 aliphatic heterocycles.